The highest BCUT2D eigenvalue weighted by molar-refractivity contribution is 5.69. The van der Waals surface area contributed by atoms with Gasteiger partial charge in [-0.15, -0.1) is 0 Å². The van der Waals surface area contributed by atoms with Crippen LogP contribution in [0.25, 0.3) is 0 Å². The zero-order valence-corrected chi connectivity index (χ0v) is 9.72. The fraction of sp³-hybridized carbons (Fsp3) is 0.636. The van der Waals surface area contributed by atoms with E-state index >= 15 is 0 Å². The predicted molar refractivity (Wildman–Crippen MR) is 58.9 cm³/mol. The molecular formula is C11H18N2O3. The number of carbonyl (C=O) groups excluding carboxylic acids is 1. The average molecular weight is 226 g/mol. The van der Waals surface area contributed by atoms with Crippen molar-refractivity contribution in [1.82, 2.24) is 9.55 Å². The number of aliphatic hydroxyl groups is 1. The average Bonchev–Trinajstić information content (AvgIpc) is 2.65. The van der Waals surface area contributed by atoms with E-state index in [1.807, 2.05) is 11.5 Å². The van der Waals surface area contributed by atoms with Crippen molar-refractivity contribution in [2.45, 2.75) is 39.3 Å². The summed E-state index contributed by atoms with van der Waals surface area (Å²) in [6.45, 7) is 4.46. The summed E-state index contributed by atoms with van der Waals surface area (Å²) in [6.07, 6.45) is 3.59. The molecule has 0 aromatic carbocycles. The van der Waals surface area contributed by atoms with E-state index in [0.29, 0.717) is 13.2 Å². The molecule has 1 N–H and O–H groups in total. The van der Waals surface area contributed by atoms with Crippen LogP contribution in [0.4, 0.5) is 0 Å². The molecule has 1 aromatic heterocycles. The molecule has 1 aromatic rings. The lowest BCUT2D eigenvalue weighted by Gasteiger charge is -2.12. The Kier molecular flexibility index (Phi) is 4.98. The smallest absolute Gasteiger partial charge is 0.308 e. The number of hydrogen-bond acceptors (Lipinski definition) is 4. The summed E-state index contributed by atoms with van der Waals surface area (Å²) in [5, 5.41) is 9.69. The van der Waals surface area contributed by atoms with Gasteiger partial charge in [-0.1, -0.05) is 6.92 Å². The van der Waals surface area contributed by atoms with E-state index in [1.165, 1.54) is 0 Å². The highest BCUT2D eigenvalue weighted by Gasteiger charge is 2.13. The van der Waals surface area contributed by atoms with Gasteiger partial charge in [0.15, 0.2) is 0 Å². The van der Waals surface area contributed by atoms with E-state index in [4.69, 9.17) is 4.74 Å². The standard InChI is InChI=1S/C11H18N2O3/c1-3-10-12-5-6-13(10)8-9(14)7-11(15)16-4-2/h5-6,9,14H,3-4,7-8H2,1-2H3. The summed E-state index contributed by atoms with van der Waals surface area (Å²) >= 11 is 0. The number of carbonyl (C=O) groups is 1. The van der Waals surface area contributed by atoms with Crippen molar-refractivity contribution in [2.24, 2.45) is 0 Å². The van der Waals surface area contributed by atoms with Crippen molar-refractivity contribution in [3.63, 3.8) is 0 Å². The van der Waals surface area contributed by atoms with Gasteiger partial charge in [0.25, 0.3) is 0 Å². The molecule has 0 spiro atoms. The van der Waals surface area contributed by atoms with E-state index in [0.717, 1.165) is 12.2 Å². The fourth-order valence-corrected chi connectivity index (χ4v) is 1.52. The Balaban J connectivity index is 2.45. The summed E-state index contributed by atoms with van der Waals surface area (Å²) in [6, 6.07) is 0. The van der Waals surface area contributed by atoms with Crippen LogP contribution in [0, 0.1) is 0 Å². The lowest BCUT2D eigenvalue weighted by Crippen LogP contribution is -2.22. The SMILES string of the molecule is CCOC(=O)CC(O)Cn1ccnc1CC. The number of esters is 1. The number of imidazole rings is 1. The highest BCUT2D eigenvalue weighted by atomic mass is 16.5. The molecule has 0 aliphatic heterocycles. The monoisotopic (exact) mass is 226 g/mol. The number of hydrogen-bond donors (Lipinski definition) is 1. The summed E-state index contributed by atoms with van der Waals surface area (Å²) in [4.78, 5) is 15.3. The van der Waals surface area contributed by atoms with Crippen LogP contribution < -0.4 is 0 Å². The van der Waals surface area contributed by atoms with Gasteiger partial charge >= 0.3 is 5.97 Å². The second kappa shape index (κ2) is 6.27. The van der Waals surface area contributed by atoms with Crippen LogP contribution in [0.2, 0.25) is 0 Å². The quantitative estimate of drug-likeness (QED) is 0.727. The molecule has 0 fully saturated rings. The van der Waals surface area contributed by atoms with Crippen molar-refractivity contribution >= 4 is 5.97 Å². The molecule has 16 heavy (non-hydrogen) atoms. The van der Waals surface area contributed by atoms with Crippen molar-refractivity contribution in [3.05, 3.63) is 18.2 Å². The molecule has 0 aliphatic carbocycles. The second-order valence-corrected chi connectivity index (χ2v) is 3.51. The molecule has 0 aliphatic rings. The van der Waals surface area contributed by atoms with Crippen LogP contribution in [0.15, 0.2) is 12.4 Å². The predicted octanol–water partition coefficient (Wildman–Crippen LogP) is 0.760. The molecule has 90 valence electrons. The summed E-state index contributed by atoms with van der Waals surface area (Å²) in [7, 11) is 0. The molecule has 1 unspecified atom stereocenters. The van der Waals surface area contributed by atoms with Gasteiger partial charge in [-0.3, -0.25) is 4.79 Å². The summed E-state index contributed by atoms with van der Waals surface area (Å²) in [5.41, 5.74) is 0. The van der Waals surface area contributed by atoms with Gasteiger partial charge in [-0.25, -0.2) is 4.98 Å². The Morgan fingerprint density at radius 2 is 2.38 bits per heavy atom. The zero-order chi connectivity index (χ0) is 12.0. The lowest BCUT2D eigenvalue weighted by atomic mass is 10.2. The number of ether oxygens (including phenoxy) is 1. The minimum absolute atomic E-state index is 0.0230. The van der Waals surface area contributed by atoms with Gasteiger partial charge in [0, 0.05) is 18.8 Å². The van der Waals surface area contributed by atoms with Crippen molar-refractivity contribution in [1.29, 1.82) is 0 Å². The summed E-state index contributed by atoms with van der Waals surface area (Å²) < 4.78 is 6.62. The topological polar surface area (TPSA) is 64.3 Å². The van der Waals surface area contributed by atoms with Crippen LogP contribution in [0.5, 0.6) is 0 Å². The molecule has 0 amide bonds. The van der Waals surface area contributed by atoms with Crippen LogP contribution in [0.1, 0.15) is 26.1 Å². The van der Waals surface area contributed by atoms with Gasteiger partial charge in [0.1, 0.15) is 5.82 Å². The fourth-order valence-electron chi connectivity index (χ4n) is 1.52. The third-order valence-electron chi connectivity index (χ3n) is 2.23. The van der Waals surface area contributed by atoms with Gasteiger partial charge < -0.3 is 14.4 Å². The molecule has 0 radical (unpaired) electrons. The van der Waals surface area contributed by atoms with Crippen molar-refractivity contribution in [3.8, 4) is 0 Å². The number of aryl methyl sites for hydroxylation is 1. The minimum atomic E-state index is -0.724. The normalized spacial score (nSPS) is 12.4. The Hall–Kier alpha value is -1.36. The second-order valence-electron chi connectivity index (χ2n) is 3.51. The molecule has 1 rings (SSSR count). The van der Waals surface area contributed by atoms with Crippen LogP contribution in [0.3, 0.4) is 0 Å². The van der Waals surface area contributed by atoms with E-state index in [9.17, 15) is 9.90 Å². The first-order valence-corrected chi connectivity index (χ1v) is 5.51. The van der Waals surface area contributed by atoms with Crippen LogP contribution in [-0.4, -0.2) is 33.3 Å². The third-order valence-corrected chi connectivity index (χ3v) is 2.23. The van der Waals surface area contributed by atoms with Crippen LogP contribution >= 0.6 is 0 Å². The molecule has 0 saturated heterocycles. The first-order chi connectivity index (χ1) is 7.67. The maximum absolute atomic E-state index is 11.1. The first-order valence-electron chi connectivity index (χ1n) is 5.51. The van der Waals surface area contributed by atoms with E-state index < -0.39 is 6.10 Å². The molecule has 0 bridgehead atoms. The number of rotatable bonds is 6. The zero-order valence-electron chi connectivity index (χ0n) is 9.72. The van der Waals surface area contributed by atoms with E-state index in [-0.39, 0.29) is 12.4 Å². The largest absolute Gasteiger partial charge is 0.466 e. The molecule has 1 atom stereocenters. The lowest BCUT2D eigenvalue weighted by molar-refractivity contribution is -0.145. The van der Waals surface area contributed by atoms with E-state index in [1.54, 1.807) is 19.3 Å². The Morgan fingerprint density at radius 1 is 1.62 bits per heavy atom. The van der Waals surface area contributed by atoms with Gasteiger partial charge in [-0.2, -0.15) is 0 Å². The van der Waals surface area contributed by atoms with Gasteiger partial charge in [-0.05, 0) is 6.92 Å². The van der Waals surface area contributed by atoms with Crippen molar-refractivity contribution in [2.75, 3.05) is 6.61 Å². The third kappa shape index (κ3) is 3.66. The Labute approximate surface area is 95.1 Å². The Bertz CT molecular complexity index is 336. The number of aliphatic hydroxyl groups excluding tert-OH is 1. The maximum atomic E-state index is 11.1. The van der Waals surface area contributed by atoms with E-state index in [2.05, 4.69) is 4.98 Å². The van der Waals surface area contributed by atoms with Gasteiger partial charge in [0.2, 0.25) is 0 Å². The Morgan fingerprint density at radius 3 is 3.00 bits per heavy atom. The van der Waals surface area contributed by atoms with Crippen molar-refractivity contribution < 1.29 is 14.6 Å². The molecular weight excluding hydrogens is 208 g/mol. The molecule has 5 heteroatoms. The molecule has 5 nitrogen and oxygen atoms in total. The van der Waals surface area contributed by atoms with Gasteiger partial charge in [0.05, 0.1) is 25.7 Å². The highest BCUT2D eigenvalue weighted by Crippen LogP contribution is 2.03. The maximum Gasteiger partial charge on any atom is 0.308 e. The number of nitrogens with zero attached hydrogens (tertiary/aromatic N) is 2. The minimum Gasteiger partial charge on any atom is -0.466 e. The first kappa shape index (κ1) is 12.7. The van der Waals surface area contributed by atoms with Crippen LogP contribution in [-0.2, 0) is 22.5 Å². The molecule has 1 heterocycles. The number of aromatic nitrogens is 2. The molecule has 0 saturated carbocycles. The summed E-state index contributed by atoms with van der Waals surface area (Å²) in [5.74, 6) is 0.538.